The molecule has 3 rings (SSSR count). The van der Waals surface area contributed by atoms with Crippen molar-refractivity contribution in [2.24, 2.45) is 0 Å². The Bertz CT molecular complexity index is 894. The third-order valence-corrected chi connectivity index (χ3v) is 4.39. The van der Waals surface area contributed by atoms with Crippen molar-refractivity contribution in [3.05, 3.63) is 74.9 Å². The Labute approximate surface area is 148 Å². The van der Waals surface area contributed by atoms with Crippen LogP contribution in [-0.4, -0.2) is 16.4 Å². The molecule has 6 nitrogen and oxygen atoms in total. The van der Waals surface area contributed by atoms with E-state index in [0.717, 1.165) is 17.1 Å². The summed E-state index contributed by atoms with van der Waals surface area (Å²) in [6.45, 7) is 2.15. The highest BCUT2D eigenvalue weighted by Crippen LogP contribution is 2.15. The van der Waals surface area contributed by atoms with Gasteiger partial charge in [0.1, 0.15) is 5.82 Å². The molecule has 0 saturated carbocycles. The quantitative estimate of drug-likeness (QED) is 0.713. The van der Waals surface area contributed by atoms with Gasteiger partial charge in [0, 0.05) is 18.0 Å². The van der Waals surface area contributed by atoms with Crippen LogP contribution in [0.25, 0.3) is 0 Å². The number of hydrogen-bond donors (Lipinski definition) is 3. The van der Waals surface area contributed by atoms with E-state index in [-0.39, 0.29) is 11.2 Å². The van der Waals surface area contributed by atoms with E-state index in [0.29, 0.717) is 12.1 Å². The van der Waals surface area contributed by atoms with E-state index in [4.69, 9.17) is 0 Å². The molecule has 130 valence electrons. The van der Waals surface area contributed by atoms with Gasteiger partial charge in [-0.2, -0.15) is 0 Å². The zero-order valence-electron chi connectivity index (χ0n) is 13.5. The van der Waals surface area contributed by atoms with E-state index in [1.165, 1.54) is 29.0 Å². The standard InChI is InChI=1S/C17H17FN4O2S/c1-11-2-4-15(14(18)6-11)20-21-17(24)12-3-5-16(23)22(7-12)8-13-9-25-10-19-13/h2-7,9,19-20H,8,10H2,1H3,(H,21,24). The van der Waals surface area contributed by atoms with E-state index in [1.807, 2.05) is 5.41 Å². The van der Waals surface area contributed by atoms with Gasteiger partial charge >= 0.3 is 0 Å². The number of hydrazine groups is 1. The molecule has 25 heavy (non-hydrogen) atoms. The number of aryl methyl sites for hydroxylation is 1. The monoisotopic (exact) mass is 360 g/mol. The second-order valence-electron chi connectivity index (χ2n) is 5.58. The first kappa shape index (κ1) is 17.1. The molecule has 0 saturated heterocycles. The van der Waals surface area contributed by atoms with E-state index in [2.05, 4.69) is 16.2 Å². The van der Waals surface area contributed by atoms with Crippen molar-refractivity contribution < 1.29 is 9.18 Å². The number of nitrogens with one attached hydrogen (secondary N) is 3. The number of allylic oxidation sites excluding steroid dienone is 1. The van der Waals surface area contributed by atoms with Crippen LogP contribution in [-0.2, 0) is 6.54 Å². The predicted octanol–water partition coefficient (Wildman–Crippen LogP) is 2.19. The topological polar surface area (TPSA) is 75.2 Å². The van der Waals surface area contributed by atoms with Crippen LogP contribution in [0.1, 0.15) is 15.9 Å². The summed E-state index contributed by atoms with van der Waals surface area (Å²) < 4.78 is 15.2. The molecule has 1 amide bonds. The number of amides is 1. The predicted molar refractivity (Wildman–Crippen MR) is 96.6 cm³/mol. The number of anilines is 1. The van der Waals surface area contributed by atoms with Gasteiger partial charge in [0.15, 0.2) is 0 Å². The van der Waals surface area contributed by atoms with Crippen LogP contribution < -0.4 is 21.7 Å². The largest absolute Gasteiger partial charge is 0.377 e. The molecule has 3 N–H and O–H groups in total. The summed E-state index contributed by atoms with van der Waals surface area (Å²) in [5.74, 6) is -0.144. The van der Waals surface area contributed by atoms with Crippen LogP contribution in [0.3, 0.4) is 0 Å². The fraction of sp³-hybridized carbons (Fsp3) is 0.176. The Morgan fingerprint density at radius 2 is 2.20 bits per heavy atom. The molecule has 8 heteroatoms. The Morgan fingerprint density at radius 1 is 1.36 bits per heavy atom. The van der Waals surface area contributed by atoms with E-state index < -0.39 is 11.7 Å². The molecule has 1 aliphatic heterocycles. The van der Waals surface area contributed by atoms with Crippen molar-refractivity contribution in [3.8, 4) is 0 Å². The van der Waals surface area contributed by atoms with Gasteiger partial charge in [-0.05, 0) is 36.1 Å². The minimum atomic E-state index is -0.462. The molecule has 1 aromatic heterocycles. The number of halogens is 1. The Kier molecular flexibility index (Phi) is 5.08. The molecule has 0 aliphatic carbocycles. The highest BCUT2D eigenvalue weighted by atomic mass is 32.2. The molecule has 0 bridgehead atoms. The summed E-state index contributed by atoms with van der Waals surface area (Å²) in [4.78, 5) is 24.2. The average molecular weight is 360 g/mol. The minimum absolute atomic E-state index is 0.171. The number of nitrogens with zero attached hydrogens (tertiary/aromatic N) is 1. The molecule has 1 aromatic carbocycles. The number of benzene rings is 1. The van der Waals surface area contributed by atoms with Gasteiger partial charge in [-0.25, -0.2) is 4.39 Å². The van der Waals surface area contributed by atoms with E-state index >= 15 is 0 Å². The molecule has 0 spiro atoms. The number of carbonyl (C=O) groups excluding carboxylic acids is 1. The molecular weight excluding hydrogens is 343 g/mol. The van der Waals surface area contributed by atoms with Gasteiger partial charge < -0.3 is 9.88 Å². The van der Waals surface area contributed by atoms with Gasteiger partial charge in [-0.15, -0.1) is 11.8 Å². The van der Waals surface area contributed by atoms with Gasteiger partial charge in [0.25, 0.3) is 11.5 Å². The van der Waals surface area contributed by atoms with Gasteiger partial charge in [0.2, 0.25) is 0 Å². The fourth-order valence-electron chi connectivity index (χ4n) is 2.30. The summed E-state index contributed by atoms with van der Waals surface area (Å²) >= 11 is 1.61. The maximum atomic E-state index is 13.8. The van der Waals surface area contributed by atoms with Gasteiger partial charge in [-0.3, -0.25) is 20.4 Å². The molecule has 0 unspecified atom stereocenters. The highest BCUT2D eigenvalue weighted by Gasteiger charge is 2.11. The highest BCUT2D eigenvalue weighted by molar-refractivity contribution is 8.02. The zero-order chi connectivity index (χ0) is 17.8. The summed E-state index contributed by atoms with van der Waals surface area (Å²) in [6, 6.07) is 7.42. The summed E-state index contributed by atoms with van der Waals surface area (Å²) in [6.07, 6.45) is 1.48. The van der Waals surface area contributed by atoms with Crippen LogP contribution in [0.5, 0.6) is 0 Å². The van der Waals surface area contributed by atoms with Gasteiger partial charge in [0.05, 0.1) is 23.7 Å². The Morgan fingerprint density at radius 3 is 2.92 bits per heavy atom. The van der Waals surface area contributed by atoms with Crippen LogP contribution in [0, 0.1) is 12.7 Å². The first-order valence-electron chi connectivity index (χ1n) is 7.60. The lowest BCUT2D eigenvalue weighted by Gasteiger charge is -2.12. The van der Waals surface area contributed by atoms with E-state index in [1.54, 1.807) is 30.8 Å². The summed E-state index contributed by atoms with van der Waals surface area (Å²) in [5, 5.41) is 5.09. The number of carbonyl (C=O) groups is 1. The molecule has 1 aliphatic rings. The molecular formula is C17H17FN4O2S. The van der Waals surface area contributed by atoms with Crippen molar-refractivity contribution >= 4 is 23.4 Å². The number of hydrogen-bond acceptors (Lipinski definition) is 5. The van der Waals surface area contributed by atoms with Crippen LogP contribution in [0.2, 0.25) is 0 Å². The number of rotatable bonds is 5. The Balaban J connectivity index is 1.70. The number of aromatic nitrogens is 1. The lowest BCUT2D eigenvalue weighted by molar-refractivity contribution is 0.0961. The van der Waals surface area contributed by atoms with Crippen molar-refractivity contribution in [1.29, 1.82) is 0 Å². The van der Waals surface area contributed by atoms with Crippen LogP contribution >= 0.6 is 11.8 Å². The smallest absolute Gasteiger partial charge is 0.271 e. The molecule has 2 aromatic rings. The van der Waals surface area contributed by atoms with Gasteiger partial charge in [-0.1, -0.05) is 6.07 Å². The molecule has 0 radical (unpaired) electrons. The second kappa shape index (κ2) is 7.43. The normalized spacial score (nSPS) is 13.1. The lowest BCUT2D eigenvalue weighted by Crippen LogP contribution is -2.31. The first-order valence-corrected chi connectivity index (χ1v) is 8.65. The summed E-state index contributed by atoms with van der Waals surface area (Å²) in [5.41, 5.74) is 6.97. The molecule has 0 atom stereocenters. The van der Waals surface area contributed by atoms with Crippen molar-refractivity contribution in [2.75, 3.05) is 11.3 Å². The van der Waals surface area contributed by atoms with E-state index in [9.17, 15) is 14.0 Å². The fourth-order valence-corrected chi connectivity index (χ4v) is 3.01. The summed E-state index contributed by atoms with van der Waals surface area (Å²) in [7, 11) is 0. The lowest BCUT2D eigenvalue weighted by atomic mass is 10.2. The molecule has 0 fully saturated rings. The van der Waals surface area contributed by atoms with Crippen LogP contribution in [0.15, 0.2) is 52.4 Å². The maximum absolute atomic E-state index is 13.8. The zero-order valence-corrected chi connectivity index (χ0v) is 14.3. The maximum Gasteiger partial charge on any atom is 0.271 e. The second-order valence-corrected chi connectivity index (χ2v) is 6.43. The molecule has 2 heterocycles. The van der Waals surface area contributed by atoms with Crippen molar-refractivity contribution in [1.82, 2.24) is 15.3 Å². The number of thioether (sulfide) groups is 1. The van der Waals surface area contributed by atoms with Crippen molar-refractivity contribution in [2.45, 2.75) is 13.5 Å². The third kappa shape index (κ3) is 4.21. The minimum Gasteiger partial charge on any atom is -0.377 e. The number of pyridine rings is 1. The average Bonchev–Trinajstić information content (AvgIpc) is 3.09. The SMILES string of the molecule is Cc1ccc(NNC(=O)c2ccc(=O)n(CC3=CSCN3)c2)c(F)c1. The third-order valence-electron chi connectivity index (χ3n) is 3.63. The van der Waals surface area contributed by atoms with Crippen molar-refractivity contribution in [3.63, 3.8) is 0 Å². The first-order chi connectivity index (χ1) is 12.0. The Hall–Kier alpha value is -2.74. The van der Waals surface area contributed by atoms with Crippen LogP contribution in [0.4, 0.5) is 10.1 Å².